The van der Waals surface area contributed by atoms with Gasteiger partial charge in [-0.3, -0.25) is 14.2 Å². The highest BCUT2D eigenvalue weighted by Crippen LogP contribution is 2.27. The van der Waals surface area contributed by atoms with Crippen LogP contribution in [0, 0.1) is 0 Å². The van der Waals surface area contributed by atoms with Gasteiger partial charge < -0.3 is 9.73 Å². The van der Waals surface area contributed by atoms with Crippen LogP contribution in [0.25, 0.3) is 22.1 Å². The monoisotopic (exact) mass is 407 g/mol. The SMILES string of the molecule is CCc1ccc(NC(=O)CSc2nc3c(oc4ccccc43)c(=O)n2CC)cc1. The fourth-order valence-electron chi connectivity index (χ4n) is 3.19. The van der Waals surface area contributed by atoms with Gasteiger partial charge in [-0.2, -0.15) is 0 Å². The topological polar surface area (TPSA) is 77.1 Å². The Labute approximate surface area is 171 Å². The lowest BCUT2D eigenvalue weighted by molar-refractivity contribution is -0.113. The smallest absolute Gasteiger partial charge is 0.297 e. The average Bonchev–Trinajstić information content (AvgIpc) is 3.12. The summed E-state index contributed by atoms with van der Waals surface area (Å²) in [7, 11) is 0. The van der Waals surface area contributed by atoms with Crippen LogP contribution in [0.3, 0.4) is 0 Å². The van der Waals surface area contributed by atoms with Crippen LogP contribution in [-0.2, 0) is 17.8 Å². The molecule has 0 radical (unpaired) electrons. The van der Waals surface area contributed by atoms with Crippen molar-refractivity contribution < 1.29 is 9.21 Å². The van der Waals surface area contributed by atoms with Crippen molar-refractivity contribution in [3.8, 4) is 0 Å². The third kappa shape index (κ3) is 3.78. The van der Waals surface area contributed by atoms with Crippen molar-refractivity contribution >= 4 is 45.4 Å². The van der Waals surface area contributed by atoms with Gasteiger partial charge in [0.15, 0.2) is 5.16 Å². The zero-order chi connectivity index (χ0) is 20.4. The Morgan fingerprint density at radius 2 is 1.90 bits per heavy atom. The minimum atomic E-state index is -0.230. The Bertz CT molecular complexity index is 1240. The highest BCUT2D eigenvalue weighted by Gasteiger charge is 2.17. The van der Waals surface area contributed by atoms with E-state index in [0.717, 1.165) is 17.5 Å². The molecule has 7 heteroatoms. The minimum Gasteiger partial charge on any atom is -0.448 e. The van der Waals surface area contributed by atoms with Crippen LogP contribution >= 0.6 is 11.8 Å². The normalized spacial score (nSPS) is 11.2. The molecular formula is C22H21N3O3S. The summed E-state index contributed by atoms with van der Waals surface area (Å²) in [6.45, 7) is 4.41. The first-order valence-electron chi connectivity index (χ1n) is 9.54. The van der Waals surface area contributed by atoms with Crippen LogP contribution in [0.5, 0.6) is 0 Å². The number of benzene rings is 2. The predicted molar refractivity (Wildman–Crippen MR) is 117 cm³/mol. The Balaban J connectivity index is 1.58. The molecule has 2 aromatic carbocycles. The molecule has 4 rings (SSSR count). The maximum absolute atomic E-state index is 12.9. The molecule has 2 aromatic heterocycles. The molecule has 0 unspecified atom stereocenters. The summed E-state index contributed by atoms with van der Waals surface area (Å²) in [5, 5.41) is 4.19. The van der Waals surface area contributed by atoms with E-state index in [4.69, 9.17) is 4.42 Å². The molecule has 0 saturated carbocycles. The molecule has 1 amide bonds. The summed E-state index contributed by atoms with van der Waals surface area (Å²) in [6, 6.07) is 15.2. The van der Waals surface area contributed by atoms with Gasteiger partial charge in [-0.25, -0.2) is 4.98 Å². The molecule has 0 bridgehead atoms. The van der Waals surface area contributed by atoms with Crippen LogP contribution in [0.1, 0.15) is 19.4 Å². The molecule has 0 spiro atoms. The van der Waals surface area contributed by atoms with Gasteiger partial charge in [0, 0.05) is 17.6 Å². The standard InChI is InChI=1S/C22H21N3O3S/c1-3-14-9-11-15(12-10-14)23-18(26)13-29-22-24-19-16-7-5-6-8-17(16)28-20(19)21(27)25(22)4-2/h5-12H,3-4,13H2,1-2H3,(H,23,26). The molecular weight excluding hydrogens is 386 g/mol. The van der Waals surface area contributed by atoms with E-state index in [1.807, 2.05) is 55.5 Å². The van der Waals surface area contributed by atoms with E-state index in [2.05, 4.69) is 17.2 Å². The Morgan fingerprint density at radius 3 is 2.62 bits per heavy atom. The summed E-state index contributed by atoms with van der Waals surface area (Å²) in [6.07, 6.45) is 0.954. The van der Waals surface area contributed by atoms with Gasteiger partial charge in [-0.1, -0.05) is 43.0 Å². The van der Waals surface area contributed by atoms with E-state index in [1.54, 1.807) is 4.57 Å². The van der Waals surface area contributed by atoms with Crippen molar-refractivity contribution in [1.82, 2.24) is 9.55 Å². The number of amides is 1. The van der Waals surface area contributed by atoms with Gasteiger partial charge in [-0.05, 0) is 43.2 Å². The van der Waals surface area contributed by atoms with E-state index in [-0.39, 0.29) is 22.8 Å². The van der Waals surface area contributed by atoms with Crippen LogP contribution in [0.15, 0.2) is 62.9 Å². The number of carbonyl (C=O) groups is 1. The van der Waals surface area contributed by atoms with Gasteiger partial charge in [0.1, 0.15) is 11.1 Å². The summed E-state index contributed by atoms with van der Waals surface area (Å²) < 4.78 is 7.26. The van der Waals surface area contributed by atoms with Gasteiger partial charge >= 0.3 is 0 Å². The number of fused-ring (bicyclic) bond motifs is 3. The molecule has 0 aliphatic rings. The number of thioether (sulfide) groups is 1. The number of furan rings is 1. The largest absolute Gasteiger partial charge is 0.448 e. The zero-order valence-electron chi connectivity index (χ0n) is 16.3. The number of rotatable bonds is 6. The highest BCUT2D eigenvalue weighted by atomic mass is 32.2. The Hall–Kier alpha value is -3.06. The maximum Gasteiger partial charge on any atom is 0.297 e. The number of para-hydroxylation sites is 1. The Kier molecular flexibility index (Phi) is 5.40. The van der Waals surface area contributed by atoms with E-state index < -0.39 is 0 Å². The van der Waals surface area contributed by atoms with Crippen molar-refractivity contribution in [1.29, 1.82) is 0 Å². The third-order valence-corrected chi connectivity index (χ3v) is 5.72. The third-order valence-electron chi connectivity index (χ3n) is 4.74. The second kappa shape index (κ2) is 8.13. The van der Waals surface area contributed by atoms with Crippen LogP contribution in [0.4, 0.5) is 5.69 Å². The van der Waals surface area contributed by atoms with Crippen molar-refractivity contribution in [2.75, 3.05) is 11.1 Å². The summed E-state index contributed by atoms with van der Waals surface area (Å²) in [5.74, 6) is 0.0109. The fourth-order valence-corrected chi connectivity index (χ4v) is 4.05. The van der Waals surface area contributed by atoms with Crippen molar-refractivity contribution in [2.24, 2.45) is 0 Å². The number of anilines is 1. The van der Waals surface area contributed by atoms with Crippen LogP contribution in [-0.4, -0.2) is 21.2 Å². The van der Waals surface area contributed by atoms with Gasteiger partial charge in [0.2, 0.25) is 11.5 Å². The molecule has 4 aromatic rings. The molecule has 148 valence electrons. The first-order chi connectivity index (χ1) is 14.1. The van der Waals surface area contributed by atoms with Crippen molar-refractivity contribution in [2.45, 2.75) is 32.0 Å². The Morgan fingerprint density at radius 1 is 1.14 bits per heavy atom. The number of nitrogens with one attached hydrogen (secondary N) is 1. The van der Waals surface area contributed by atoms with Crippen molar-refractivity contribution in [3.05, 3.63) is 64.4 Å². The minimum absolute atomic E-state index is 0.145. The van der Waals surface area contributed by atoms with Gasteiger partial charge in [0.25, 0.3) is 5.56 Å². The van der Waals surface area contributed by atoms with Gasteiger partial charge in [-0.15, -0.1) is 0 Å². The number of aromatic nitrogens is 2. The van der Waals surface area contributed by atoms with Crippen molar-refractivity contribution in [3.63, 3.8) is 0 Å². The average molecular weight is 407 g/mol. The second-order valence-corrected chi connectivity index (χ2v) is 7.55. The number of hydrogen-bond acceptors (Lipinski definition) is 5. The lowest BCUT2D eigenvalue weighted by Gasteiger charge is -2.10. The summed E-state index contributed by atoms with van der Waals surface area (Å²) >= 11 is 1.25. The second-order valence-electron chi connectivity index (χ2n) is 6.61. The predicted octanol–water partition coefficient (Wildman–Crippen LogP) is 4.46. The first-order valence-corrected chi connectivity index (χ1v) is 10.5. The van der Waals surface area contributed by atoms with E-state index in [1.165, 1.54) is 17.3 Å². The molecule has 0 saturated heterocycles. The summed E-state index contributed by atoms with van der Waals surface area (Å²) in [5.41, 5.74) is 3.15. The number of aryl methyl sites for hydroxylation is 1. The molecule has 0 aliphatic heterocycles. The molecule has 29 heavy (non-hydrogen) atoms. The quantitative estimate of drug-likeness (QED) is 0.377. The molecule has 2 heterocycles. The molecule has 0 fully saturated rings. The molecule has 6 nitrogen and oxygen atoms in total. The number of carbonyl (C=O) groups excluding carboxylic acids is 1. The molecule has 0 aliphatic carbocycles. The summed E-state index contributed by atoms with van der Waals surface area (Å²) in [4.78, 5) is 29.9. The molecule has 1 N–H and O–H groups in total. The van der Waals surface area contributed by atoms with E-state index in [9.17, 15) is 9.59 Å². The van der Waals surface area contributed by atoms with Crippen LogP contribution in [0.2, 0.25) is 0 Å². The van der Waals surface area contributed by atoms with E-state index >= 15 is 0 Å². The van der Waals surface area contributed by atoms with Crippen LogP contribution < -0.4 is 10.9 Å². The lowest BCUT2D eigenvalue weighted by atomic mass is 10.1. The molecule has 0 atom stereocenters. The zero-order valence-corrected chi connectivity index (χ0v) is 17.1. The first kappa shape index (κ1) is 19.3. The highest BCUT2D eigenvalue weighted by molar-refractivity contribution is 7.99. The fraction of sp³-hybridized carbons (Fsp3) is 0.227. The van der Waals surface area contributed by atoms with Gasteiger partial charge in [0.05, 0.1) is 5.75 Å². The lowest BCUT2D eigenvalue weighted by Crippen LogP contribution is -2.23. The van der Waals surface area contributed by atoms with E-state index in [0.29, 0.717) is 22.8 Å². The maximum atomic E-state index is 12.9. The number of nitrogens with zero attached hydrogens (tertiary/aromatic N) is 2. The number of hydrogen-bond donors (Lipinski definition) is 1.